The van der Waals surface area contributed by atoms with Gasteiger partial charge in [-0.05, 0) is 43.7 Å². The molecular formula is C13H16N2O. The first-order valence-corrected chi connectivity index (χ1v) is 5.43. The zero-order chi connectivity index (χ0) is 11.5. The normalized spacial score (nSPS) is 10.4. The number of ether oxygens (including phenoxy) is 1. The Kier molecular flexibility index (Phi) is 2.95. The van der Waals surface area contributed by atoms with E-state index in [1.807, 2.05) is 36.0 Å². The Morgan fingerprint density at radius 2 is 2.12 bits per heavy atom. The third-order valence-corrected chi connectivity index (χ3v) is 2.66. The van der Waals surface area contributed by atoms with Crippen LogP contribution in [-0.4, -0.2) is 16.9 Å². The molecule has 0 unspecified atom stereocenters. The summed E-state index contributed by atoms with van der Waals surface area (Å²) < 4.78 is 7.16. The highest BCUT2D eigenvalue weighted by atomic mass is 16.5. The topological polar surface area (TPSA) is 27.1 Å². The van der Waals surface area contributed by atoms with Crippen LogP contribution in [0.15, 0.2) is 30.5 Å². The highest BCUT2D eigenvalue weighted by Gasteiger charge is 2.04. The molecule has 0 aliphatic rings. The summed E-state index contributed by atoms with van der Waals surface area (Å²) in [6.07, 6.45) is 1.99. The van der Waals surface area contributed by atoms with Crippen LogP contribution in [0.3, 0.4) is 0 Å². The van der Waals surface area contributed by atoms with Gasteiger partial charge in [-0.25, -0.2) is 0 Å². The number of benzene rings is 1. The van der Waals surface area contributed by atoms with Gasteiger partial charge in [0, 0.05) is 18.3 Å². The summed E-state index contributed by atoms with van der Waals surface area (Å²) in [6, 6.07) is 8.15. The molecule has 0 amide bonds. The molecule has 2 aromatic rings. The van der Waals surface area contributed by atoms with E-state index in [-0.39, 0.29) is 0 Å². The van der Waals surface area contributed by atoms with Crippen molar-refractivity contribution in [3.8, 4) is 17.0 Å². The van der Waals surface area contributed by atoms with Crippen LogP contribution in [0.4, 0.5) is 0 Å². The molecule has 0 fully saturated rings. The molecule has 3 nitrogen and oxygen atoms in total. The molecular weight excluding hydrogens is 200 g/mol. The summed E-state index contributed by atoms with van der Waals surface area (Å²) >= 11 is 0. The van der Waals surface area contributed by atoms with Gasteiger partial charge in [0.15, 0.2) is 0 Å². The quantitative estimate of drug-likeness (QED) is 0.788. The van der Waals surface area contributed by atoms with Crippen LogP contribution >= 0.6 is 0 Å². The molecule has 0 N–H and O–H groups in total. The van der Waals surface area contributed by atoms with Crippen LogP contribution in [0.25, 0.3) is 11.3 Å². The number of rotatable bonds is 3. The minimum absolute atomic E-state index is 0.898. The summed E-state index contributed by atoms with van der Waals surface area (Å²) in [7, 11) is 1.69. The molecule has 0 atom stereocenters. The van der Waals surface area contributed by atoms with Crippen molar-refractivity contribution in [2.45, 2.75) is 20.4 Å². The Labute approximate surface area is 95.7 Å². The maximum atomic E-state index is 5.24. The molecule has 84 valence electrons. The molecule has 0 saturated carbocycles. The van der Waals surface area contributed by atoms with Crippen molar-refractivity contribution in [1.29, 1.82) is 0 Å². The van der Waals surface area contributed by atoms with Crippen molar-refractivity contribution in [1.82, 2.24) is 9.78 Å². The zero-order valence-electron chi connectivity index (χ0n) is 9.90. The fraction of sp³-hybridized carbons (Fsp3) is 0.308. The highest BCUT2D eigenvalue weighted by Crippen LogP contribution is 2.24. The van der Waals surface area contributed by atoms with Crippen LogP contribution in [0, 0.1) is 6.92 Å². The summed E-state index contributed by atoms with van der Waals surface area (Å²) in [5.74, 6) is 0.915. The lowest BCUT2D eigenvalue weighted by molar-refractivity contribution is 0.412. The predicted octanol–water partition coefficient (Wildman–Crippen LogP) is 2.89. The van der Waals surface area contributed by atoms with Crippen molar-refractivity contribution in [3.63, 3.8) is 0 Å². The van der Waals surface area contributed by atoms with E-state index in [0.29, 0.717) is 0 Å². The molecule has 1 aromatic heterocycles. The van der Waals surface area contributed by atoms with Crippen molar-refractivity contribution < 1.29 is 4.74 Å². The Hall–Kier alpha value is -1.77. The van der Waals surface area contributed by atoms with Gasteiger partial charge < -0.3 is 4.74 Å². The van der Waals surface area contributed by atoms with E-state index in [9.17, 15) is 0 Å². The summed E-state index contributed by atoms with van der Waals surface area (Å²) in [4.78, 5) is 0. The monoisotopic (exact) mass is 216 g/mol. The van der Waals surface area contributed by atoms with Crippen molar-refractivity contribution in [2.75, 3.05) is 7.11 Å². The first-order chi connectivity index (χ1) is 7.74. The maximum Gasteiger partial charge on any atom is 0.121 e. The van der Waals surface area contributed by atoms with E-state index in [2.05, 4.69) is 18.1 Å². The first kappa shape index (κ1) is 10.7. The second-order valence-electron chi connectivity index (χ2n) is 3.74. The van der Waals surface area contributed by atoms with E-state index in [4.69, 9.17) is 4.74 Å². The number of methoxy groups -OCH3 is 1. The second-order valence-corrected chi connectivity index (χ2v) is 3.74. The molecule has 3 heteroatoms. The van der Waals surface area contributed by atoms with Gasteiger partial charge in [0.1, 0.15) is 5.75 Å². The Balaban J connectivity index is 2.37. The second kappa shape index (κ2) is 4.39. The van der Waals surface area contributed by atoms with E-state index < -0.39 is 0 Å². The standard InChI is InChI=1S/C13H16N2O/c1-4-15-8-7-12(14-15)11-5-6-13(16-3)10(2)9-11/h5-9H,4H2,1-3H3. The Bertz CT molecular complexity index is 488. The van der Waals surface area contributed by atoms with E-state index in [0.717, 1.165) is 29.1 Å². The van der Waals surface area contributed by atoms with Crippen LogP contribution in [0.5, 0.6) is 5.75 Å². The lowest BCUT2D eigenvalue weighted by atomic mass is 10.1. The van der Waals surface area contributed by atoms with Crippen molar-refractivity contribution in [2.24, 2.45) is 0 Å². The number of nitrogens with zero attached hydrogens (tertiary/aromatic N) is 2. The third kappa shape index (κ3) is 1.94. The Morgan fingerprint density at radius 1 is 1.31 bits per heavy atom. The van der Waals surface area contributed by atoms with Crippen LogP contribution in [-0.2, 0) is 6.54 Å². The summed E-state index contributed by atoms with van der Waals surface area (Å²) in [5, 5.41) is 4.47. The van der Waals surface area contributed by atoms with Crippen LogP contribution in [0.1, 0.15) is 12.5 Å². The third-order valence-electron chi connectivity index (χ3n) is 2.66. The maximum absolute atomic E-state index is 5.24. The van der Waals surface area contributed by atoms with Gasteiger partial charge >= 0.3 is 0 Å². The van der Waals surface area contributed by atoms with Crippen molar-refractivity contribution >= 4 is 0 Å². The molecule has 16 heavy (non-hydrogen) atoms. The highest BCUT2D eigenvalue weighted by molar-refractivity contribution is 5.61. The average Bonchev–Trinajstić information content (AvgIpc) is 2.77. The smallest absolute Gasteiger partial charge is 0.121 e. The van der Waals surface area contributed by atoms with Crippen molar-refractivity contribution in [3.05, 3.63) is 36.0 Å². The van der Waals surface area contributed by atoms with E-state index >= 15 is 0 Å². The van der Waals surface area contributed by atoms with Gasteiger partial charge in [-0.15, -0.1) is 0 Å². The lowest BCUT2D eigenvalue weighted by Gasteiger charge is -2.05. The molecule has 0 spiro atoms. The Morgan fingerprint density at radius 3 is 2.69 bits per heavy atom. The van der Waals surface area contributed by atoms with E-state index in [1.165, 1.54) is 0 Å². The number of aryl methyl sites for hydroxylation is 2. The predicted molar refractivity (Wildman–Crippen MR) is 64.6 cm³/mol. The molecule has 0 bridgehead atoms. The van der Waals surface area contributed by atoms with Crippen LogP contribution in [0.2, 0.25) is 0 Å². The van der Waals surface area contributed by atoms with Gasteiger partial charge in [0.05, 0.1) is 12.8 Å². The minimum atomic E-state index is 0.898. The average molecular weight is 216 g/mol. The fourth-order valence-electron chi connectivity index (χ4n) is 1.73. The van der Waals surface area contributed by atoms with Crippen LogP contribution < -0.4 is 4.74 Å². The van der Waals surface area contributed by atoms with Gasteiger partial charge in [0.25, 0.3) is 0 Å². The summed E-state index contributed by atoms with van der Waals surface area (Å²) in [6.45, 7) is 5.02. The first-order valence-electron chi connectivity index (χ1n) is 5.43. The molecule has 0 aliphatic heterocycles. The SMILES string of the molecule is CCn1ccc(-c2ccc(OC)c(C)c2)n1. The molecule has 0 saturated heterocycles. The molecule has 1 heterocycles. The van der Waals surface area contributed by atoms with Gasteiger partial charge in [-0.1, -0.05) is 0 Å². The number of hydrogen-bond acceptors (Lipinski definition) is 2. The van der Waals surface area contributed by atoms with Gasteiger partial charge in [-0.3, -0.25) is 4.68 Å². The fourth-order valence-corrected chi connectivity index (χ4v) is 1.73. The molecule has 1 aromatic carbocycles. The number of hydrogen-bond donors (Lipinski definition) is 0. The van der Waals surface area contributed by atoms with E-state index in [1.54, 1.807) is 7.11 Å². The molecule has 0 aliphatic carbocycles. The zero-order valence-corrected chi connectivity index (χ0v) is 9.90. The van der Waals surface area contributed by atoms with Gasteiger partial charge in [-0.2, -0.15) is 5.10 Å². The lowest BCUT2D eigenvalue weighted by Crippen LogP contribution is -1.94. The molecule has 0 radical (unpaired) electrons. The van der Waals surface area contributed by atoms with Gasteiger partial charge in [0.2, 0.25) is 0 Å². The summed E-state index contributed by atoms with van der Waals surface area (Å²) in [5.41, 5.74) is 3.27. The largest absolute Gasteiger partial charge is 0.496 e. The molecule has 2 rings (SSSR count). The minimum Gasteiger partial charge on any atom is -0.496 e. The number of aromatic nitrogens is 2.